The molecule has 0 radical (unpaired) electrons. The van der Waals surface area contributed by atoms with Crippen molar-refractivity contribution >= 4 is 11.6 Å². The summed E-state index contributed by atoms with van der Waals surface area (Å²) in [6.45, 7) is 2.10. The highest BCUT2D eigenvalue weighted by Gasteiger charge is 2.02. The summed E-state index contributed by atoms with van der Waals surface area (Å²) in [5.74, 6) is -0.171. The predicted octanol–water partition coefficient (Wildman–Crippen LogP) is 1.05. The Kier molecular flexibility index (Phi) is 3.82. The minimum Gasteiger partial charge on any atom is -0.325 e. The highest BCUT2D eigenvalue weighted by atomic mass is 16.1. The molecule has 0 aliphatic heterocycles. The number of carbonyl (C=O) groups is 1. The summed E-state index contributed by atoms with van der Waals surface area (Å²) in [6, 6.07) is 3.53. The van der Waals surface area contributed by atoms with Crippen molar-refractivity contribution in [2.24, 2.45) is 5.73 Å². The largest absolute Gasteiger partial charge is 0.325 e. The van der Waals surface area contributed by atoms with Crippen molar-refractivity contribution in [3.8, 4) is 0 Å². The molecule has 14 heavy (non-hydrogen) atoms. The molecular weight excluding hydrogens is 178 g/mol. The first kappa shape index (κ1) is 10.4. The van der Waals surface area contributed by atoms with Crippen molar-refractivity contribution in [2.75, 3.05) is 5.32 Å². The van der Waals surface area contributed by atoms with Crippen LogP contribution < -0.4 is 11.1 Å². The molecule has 4 nitrogen and oxygen atoms in total. The second-order valence-corrected chi connectivity index (χ2v) is 2.69. The number of hydrogen-bond donors (Lipinski definition) is 2. The lowest BCUT2D eigenvalue weighted by Gasteiger charge is -2.05. The molecular formula is C10H13N3O. The molecule has 3 N–H and O–H groups in total. The first-order valence-electron chi connectivity index (χ1n) is 4.35. The zero-order valence-electron chi connectivity index (χ0n) is 8.03. The molecule has 0 fully saturated rings. The van der Waals surface area contributed by atoms with Crippen LogP contribution in [0.1, 0.15) is 12.6 Å². The van der Waals surface area contributed by atoms with E-state index in [9.17, 15) is 4.79 Å². The number of nitrogens with one attached hydrogen (secondary N) is 1. The lowest BCUT2D eigenvalue weighted by atomic mass is 10.3. The van der Waals surface area contributed by atoms with Gasteiger partial charge in [0.1, 0.15) is 0 Å². The van der Waals surface area contributed by atoms with Crippen molar-refractivity contribution in [1.29, 1.82) is 0 Å². The van der Waals surface area contributed by atoms with Crippen molar-refractivity contribution < 1.29 is 4.79 Å². The van der Waals surface area contributed by atoms with Gasteiger partial charge < -0.3 is 11.1 Å². The molecule has 1 rings (SSSR count). The first-order valence-corrected chi connectivity index (χ1v) is 4.35. The molecule has 0 atom stereocenters. The van der Waals surface area contributed by atoms with E-state index in [4.69, 9.17) is 5.73 Å². The van der Waals surface area contributed by atoms with Gasteiger partial charge in [0, 0.05) is 12.7 Å². The molecule has 0 aliphatic rings. The number of allylic oxidation sites excluding steroid dienone is 1. The third-order valence-corrected chi connectivity index (χ3v) is 1.66. The van der Waals surface area contributed by atoms with Gasteiger partial charge in [-0.15, -0.1) is 0 Å². The quantitative estimate of drug-likeness (QED) is 0.702. The molecule has 1 amide bonds. The average Bonchev–Trinajstić information content (AvgIpc) is 2.19. The van der Waals surface area contributed by atoms with Crippen molar-refractivity contribution in [3.63, 3.8) is 0 Å². The standard InChI is InChI=1S/C10H13N3O/c1-2-4-10(14)13-8-5-3-6-12-9(8)7-11/h2-6H,7,11H2,1H3,(H,13,14)/b4-2+. The van der Waals surface area contributed by atoms with Crippen LogP contribution in [-0.4, -0.2) is 10.9 Å². The van der Waals surface area contributed by atoms with Gasteiger partial charge in [-0.2, -0.15) is 0 Å². The molecule has 1 aromatic rings. The van der Waals surface area contributed by atoms with Crippen LogP contribution in [0, 0.1) is 0 Å². The van der Waals surface area contributed by atoms with Gasteiger partial charge in [-0.25, -0.2) is 0 Å². The second kappa shape index (κ2) is 5.14. The number of pyridine rings is 1. The fourth-order valence-electron chi connectivity index (χ4n) is 1.04. The number of anilines is 1. The average molecular weight is 191 g/mol. The van der Waals surface area contributed by atoms with E-state index in [0.29, 0.717) is 17.9 Å². The molecule has 0 saturated heterocycles. The zero-order chi connectivity index (χ0) is 10.4. The van der Waals surface area contributed by atoms with E-state index in [1.54, 1.807) is 31.3 Å². The molecule has 0 unspecified atom stereocenters. The van der Waals surface area contributed by atoms with Gasteiger partial charge in [0.15, 0.2) is 0 Å². The molecule has 4 heteroatoms. The van der Waals surface area contributed by atoms with Gasteiger partial charge in [0.25, 0.3) is 0 Å². The van der Waals surface area contributed by atoms with Gasteiger partial charge in [-0.1, -0.05) is 6.08 Å². The van der Waals surface area contributed by atoms with E-state index in [1.165, 1.54) is 6.08 Å². The minimum absolute atomic E-state index is 0.171. The maximum absolute atomic E-state index is 11.2. The maximum Gasteiger partial charge on any atom is 0.248 e. The molecule has 0 aliphatic carbocycles. The number of rotatable bonds is 3. The monoisotopic (exact) mass is 191 g/mol. The van der Waals surface area contributed by atoms with Crippen LogP contribution in [-0.2, 0) is 11.3 Å². The van der Waals surface area contributed by atoms with Crippen molar-refractivity contribution in [1.82, 2.24) is 4.98 Å². The van der Waals surface area contributed by atoms with Crippen LogP contribution in [0.25, 0.3) is 0 Å². The smallest absolute Gasteiger partial charge is 0.248 e. The number of carbonyl (C=O) groups excluding carboxylic acids is 1. The highest BCUT2D eigenvalue weighted by Crippen LogP contribution is 2.10. The Hall–Kier alpha value is -1.68. The zero-order valence-corrected chi connectivity index (χ0v) is 8.03. The fraction of sp³-hybridized carbons (Fsp3) is 0.200. The molecule has 0 bridgehead atoms. The number of nitrogens with zero attached hydrogens (tertiary/aromatic N) is 1. The summed E-state index contributed by atoms with van der Waals surface area (Å²) in [6.07, 6.45) is 4.77. The van der Waals surface area contributed by atoms with Crippen LogP contribution >= 0.6 is 0 Å². The van der Waals surface area contributed by atoms with Gasteiger partial charge >= 0.3 is 0 Å². The van der Waals surface area contributed by atoms with Crippen molar-refractivity contribution in [3.05, 3.63) is 36.2 Å². The normalized spacial score (nSPS) is 10.4. The van der Waals surface area contributed by atoms with Gasteiger partial charge in [-0.3, -0.25) is 9.78 Å². The molecule has 1 aromatic heterocycles. The molecule has 0 spiro atoms. The maximum atomic E-state index is 11.2. The summed E-state index contributed by atoms with van der Waals surface area (Å²) >= 11 is 0. The Bertz CT molecular complexity index is 347. The van der Waals surface area contributed by atoms with Crippen LogP contribution in [0.3, 0.4) is 0 Å². The van der Waals surface area contributed by atoms with E-state index in [2.05, 4.69) is 10.3 Å². The molecule has 74 valence electrons. The van der Waals surface area contributed by atoms with Crippen LogP contribution in [0.4, 0.5) is 5.69 Å². The molecule has 0 aromatic carbocycles. The molecule has 0 saturated carbocycles. The minimum atomic E-state index is -0.171. The number of nitrogens with two attached hydrogens (primary N) is 1. The van der Waals surface area contributed by atoms with Gasteiger partial charge in [-0.05, 0) is 25.1 Å². The van der Waals surface area contributed by atoms with E-state index in [0.717, 1.165) is 0 Å². The topological polar surface area (TPSA) is 68.0 Å². The summed E-state index contributed by atoms with van der Waals surface area (Å²) in [5.41, 5.74) is 6.82. The Morgan fingerprint density at radius 2 is 2.50 bits per heavy atom. The summed E-state index contributed by atoms with van der Waals surface area (Å²) in [5, 5.41) is 2.69. The molecule has 1 heterocycles. The Morgan fingerprint density at radius 3 is 3.14 bits per heavy atom. The van der Waals surface area contributed by atoms with Crippen LogP contribution in [0.15, 0.2) is 30.5 Å². The fourth-order valence-corrected chi connectivity index (χ4v) is 1.04. The Balaban J connectivity index is 2.80. The van der Waals surface area contributed by atoms with Gasteiger partial charge in [0.2, 0.25) is 5.91 Å². The number of hydrogen-bond acceptors (Lipinski definition) is 3. The van der Waals surface area contributed by atoms with Crippen LogP contribution in [0.2, 0.25) is 0 Å². The third-order valence-electron chi connectivity index (χ3n) is 1.66. The summed E-state index contributed by atoms with van der Waals surface area (Å²) < 4.78 is 0. The Labute approximate surface area is 82.8 Å². The Morgan fingerprint density at radius 1 is 1.71 bits per heavy atom. The van der Waals surface area contributed by atoms with E-state index in [-0.39, 0.29) is 5.91 Å². The number of aromatic nitrogens is 1. The predicted molar refractivity (Wildman–Crippen MR) is 55.6 cm³/mol. The SMILES string of the molecule is C/C=C/C(=O)Nc1cccnc1CN. The van der Waals surface area contributed by atoms with E-state index in [1.807, 2.05) is 0 Å². The van der Waals surface area contributed by atoms with Crippen LogP contribution in [0.5, 0.6) is 0 Å². The first-order chi connectivity index (χ1) is 6.77. The van der Waals surface area contributed by atoms with Gasteiger partial charge in [0.05, 0.1) is 11.4 Å². The summed E-state index contributed by atoms with van der Waals surface area (Å²) in [4.78, 5) is 15.3. The number of amides is 1. The highest BCUT2D eigenvalue weighted by molar-refractivity contribution is 5.99. The van der Waals surface area contributed by atoms with E-state index >= 15 is 0 Å². The summed E-state index contributed by atoms with van der Waals surface area (Å²) in [7, 11) is 0. The van der Waals surface area contributed by atoms with E-state index < -0.39 is 0 Å². The van der Waals surface area contributed by atoms with Crippen molar-refractivity contribution in [2.45, 2.75) is 13.5 Å². The lowest BCUT2D eigenvalue weighted by Crippen LogP contribution is -2.12. The second-order valence-electron chi connectivity index (χ2n) is 2.69. The third kappa shape index (κ3) is 2.67. The lowest BCUT2D eigenvalue weighted by molar-refractivity contribution is -0.111.